The van der Waals surface area contributed by atoms with E-state index >= 15 is 0 Å². The average Bonchev–Trinajstić information content (AvgIpc) is 2.21. The van der Waals surface area contributed by atoms with Crippen molar-refractivity contribution in [1.29, 1.82) is 0 Å². The van der Waals surface area contributed by atoms with Gasteiger partial charge in [-0.15, -0.1) is 0 Å². The Hall–Kier alpha value is -1.46. The van der Waals surface area contributed by atoms with E-state index in [9.17, 15) is 14.7 Å². The molecular weight excluding hydrogens is 210 g/mol. The van der Waals surface area contributed by atoms with Crippen LogP contribution in [-0.2, 0) is 9.59 Å². The first-order valence-electron chi connectivity index (χ1n) is 4.95. The Morgan fingerprint density at radius 3 is 2.62 bits per heavy atom. The highest BCUT2D eigenvalue weighted by Crippen LogP contribution is 2.23. The van der Waals surface area contributed by atoms with Crippen molar-refractivity contribution in [2.45, 2.75) is 31.4 Å². The summed E-state index contributed by atoms with van der Waals surface area (Å²) >= 11 is 0. The number of carboxylic acid groups (broad SMARTS) is 1. The van der Waals surface area contributed by atoms with E-state index in [0.29, 0.717) is 0 Å². The van der Waals surface area contributed by atoms with Gasteiger partial charge in [-0.3, -0.25) is 9.59 Å². The highest BCUT2D eigenvalue weighted by atomic mass is 16.4. The molecule has 0 amide bonds. The molecule has 5 nitrogen and oxygen atoms in total. The van der Waals surface area contributed by atoms with Crippen LogP contribution in [0.4, 0.5) is 0 Å². The number of nitrogens with two attached hydrogens (primary N) is 1. The van der Waals surface area contributed by atoms with Crippen LogP contribution >= 0.6 is 0 Å². The van der Waals surface area contributed by atoms with Crippen LogP contribution in [0.2, 0.25) is 0 Å². The SMILES string of the molecule is CC(=O)C1(O)C=CC(C[C@H](N)C(=O)O)=CC1. The van der Waals surface area contributed by atoms with Gasteiger partial charge in [0.2, 0.25) is 0 Å². The molecule has 0 saturated carbocycles. The smallest absolute Gasteiger partial charge is 0.320 e. The second kappa shape index (κ2) is 4.59. The van der Waals surface area contributed by atoms with Gasteiger partial charge in [0.05, 0.1) is 0 Å². The summed E-state index contributed by atoms with van der Waals surface area (Å²) in [5, 5.41) is 18.4. The van der Waals surface area contributed by atoms with Gasteiger partial charge >= 0.3 is 5.97 Å². The van der Waals surface area contributed by atoms with Crippen LogP contribution in [-0.4, -0.2) is 33.6 Å². The lowest BCUT2D eigenvalue weighted by Crippen LogP contribution is -2.36. The van der Waals surface area contributed by atoms with E-state index in [1.807, 2.05) is 0 Å². The van der Waals surface area contributed by atoms with Gasteiger partial charge in [0, 0.05) is 6.42 Å². The molecule has 1 unspecified atom stereocenters. The van der Waals surface area contributed by atoms with E-state index in [4.69, 9.17) is 10.8 Å². The fraction of sp³-hybridized carbons (Fsp3) is 0.455. The second-order valence-corrected chi connectivity index (χ2v) is 3.95. The number of carboxylic acids is 1. The number of carbonyl (C=O) groups is 2. The van der Waals surface area contributed by atoms with Crippen molar-refractivity contribution in [3.05, 3.63) is 23.8 Å². The lowest BCUT2D eigenvalue weighted by Gasteiger charge is -2.23. The molecule has 16 heavy (non-hydrogen) atoms. The van der Waals surface area contributed by atoms with E-state index < -0.39 is 17.6 Å². The first-order chi connectivity index (χ1) is 7.35. The average molecular weight is 225 g/mol. The number of ketones is 1. The predicted molar refractivity (Wildman–Crippen MR) is 57.7 cm³/mol. The number of Topliss-reactive ketones (excluding diaryl/α,β-unsaturated/α-hetero) is 1. The monoisotopic (exact) mass is 225 g/mol. The largest absolute Gasteiger partial charge is 0.480 e. The molecule has 88 valence electrons. The third kappa shape index (κ3) is 2.77. The van der Waals surface area contributed by atoms with E-state index in [0.717, 1.165) is 5.57 Å². The number of hydrogen-bond donors (Lipinski definition) is 3. The molecule has 1 aliphatic carbocycles. The highest BCUT2D eigenvalue weighted by molar-refractivity contribution is 5.87. The van der Waals surface area contributed by atoms with Crippen molar-refractivity contribution in [2.24, 2.45) is 5.73 Å². The first kappa shape index (κ1) is 12.6. The van der Waals surface area contributed by atoms with Crippen molar-refractivity contribution < 1.29 is 19.8 Å². The summed E-state index contributed by atoms with van der Waals surface area (Å²) in [5.41, 5.74) is 4.65. The fourth-order valence-electron chi connectivity index (χ4n) is 1.42. The molecule has 2 atom stereocenters. The number of hydrogen-bond acceptors (Lipinski definition) is 4. The maximum Gasteiger partial charge on any atom is 0.320 e. The number of aliphatic carboxylic acids is 1. The lowest BCUT2D eigenvalue weighted by molar-refractivity contribution is -0.138. The van der Waals surface area contributed by atoms with Crippen molar-refractivity contribution in [1.82, 2.24) is 0 Å². The molecule has 0 aromatic carbocycles. The lowest BCUT2D eigenvalue weighted by atomic mass is 9.87. The second-order valence-electron chi connectivity index (χ2n) is 3.95. The Balaban J connectivity index is 2.65. The maximum absolute atomic E-state index is 11.1. The molecule has 0 saturated heterocycles. The summed E-state index contributed by atoms with van der Waals surface area (Å²) in [5.74, 6) is -1.40. The summed E-state index contributed by atoms with van der Waals surface area (Å²) in [4.78, 5) is 21.6. The van der Waals surface area contributed by atoms with E-state index in [2.05, 4.69) is 0 Å². The Labute approximate surface area is 93.3 Å². The van der Waals surface area contributed by atoms with Crippen LogP contribution in [0.3, 0.4) is 0 Å². The number of carbonyl (C=O) groups excluding carboxylic acids is 1. The zero-order chi connectivity index (χ0) is 12.3. The summed E-state index contributed by atoms with van der Waals surface area (Å²) in [6.07, 6.45) is 4.94. The highest BCUT2D eigenvalue weighted by Gasteiger charge is 2.30. The molecular formula is C11H15NO4. The van der Waals surface area contributed by atoms with E-state index in [1.54, 1.807) is 12.2 Å². The first-order valence-corrected chi connectivity index (χ1v) is 4.95. The number of rotatable bonds is 4. The molecule has 0 heterocycles. The van der Waals surface area contributed by atoms with Gasteiger partial charge in [-0.25, -0.2) is 0 Å². The van der Waals surface area contributed by atoms with Gasteiger partial charge in [0.1, 0.15) is 11.6 Å². The third-order valence-corrected chi connectivity index (χ3v) is 2.63. The molecule has 1 rings (SSSR count). The molecule has 4 N–H and O–H groups in total. The third-order valence-electron chi connectivity index (χ3n) is 2.63. The summed E-state index contributed by atoms with van der Waals surface area (Å²) in [7, 11) is 0. The number of allylic oxidation sites excluding steroid dienone is 1. The van der Waals surface area contributed by atoms with Crippen molar-refractivity contribution in [2.75, 3.05) is 0 Å². The van der Waals surface area contributed by atoms with Crippen molar-refractivity contribution >= 4 is 11.8 Å². The molecule has 0 bridgehead atoms. The van der Waals surface area contributed by atoms with Crippen LogP contribution in [0.5, 0.6) is 0 Å². The summed E-state index contributed by atoms with van der Waals surface area (Å²) < 4.78 is 0. The summed E-state index contributed by atoms with van der Waals surface area (Å²) in [6, 6.07) is -0.959. The van der Waals surface area contributed by atoms with Gasteiger partial charge in [-0.1, -0.05) is 12.2 Å². The fourth-order valence-corrected chi connectivity index (χ4v) is 1.42. The minimum absolute atomic E-state index is 0.167. The molecule has 0 aromatic heterocycles. The van der Waals surface area contributed by atoms with Gasteiger partial charge in [0.15, 0.2) is 5.78 Å². The van der Waals surface area contributed by atoms with Crippen LogP contribution in [0.15, 0.2) is 23.8 Å². The Kier molecular flexibility index (Phi) is 3.62. The Morgan fingerprint density at radius 2 is 2.25 bits per heavy atom. The van der Waals surface area contributed by atoms with Crippen LogP contribution < -0.4 is 5.73 Å². The van der Waals surface area contributed by atoms with Crippen LogP contribution in [0.25, 0.3) is 0 Å². The minimum Gasteiger partial charge on any atom is -0.480 e. The van der Waals surface area contributed by atoms with Gasteiger partial charge in [-0.05, 0) is 25.0 Å². The molecule has 0 aromatic rings. The number of aliphatic hydroxyl groups is 1. The molecule has 0 fully saturated rings. The van der Waals surface area contributed by atoms with Gasteiger partial charge < -0.3 is 15.9 Å². The van der Waals surface area contributed by atoms with E-state index in [1.165, 1.54) is 13.0 Å². The predicted octanol–water partition coefficient (Wildman–Crippen LogP) is -0.00520. The maximum atomic E-state index is 11.1. The molecule has 5 heteroatoms. The summed E-state index contributed by atoms with van der Waals surface area (Å²) in [6.45, 7) is 1.31. The van der Waals surface area contributed by atoms with Crippen LogP contribution in [0.1, 0.15) is 19.8 Å². The Bertz CT molecular complexity index is 372. The molecule has 0 radical (unpaired) electrons. The van der Waals surface area contributed by atoms with Gasteiger partial charge in [0.25, 0.3) is 0 Å². The quantitative estimate of drug-likeness (QED) is 0.625. The van der Waals surface area contributed by atoms with Crippen molar-refractivity contribution in [3.8, 4) is 0 Å². The normalized spacial score (nSPS) is 26.1. The molecule has 1 aliphatic rings. The van der Waals surface area contributed by atoms with Crippen molar-refractivity contribution in [3.63, 3.8) is 0 Å². The standard InChI is InChI=1S/C11H15NO4/c1-7(13)11(16)4-2-8(3-5-11)6-9(12)10(14)15/h2-4,9,16H,5-6,12H2,1H3,(H,14,15)/t9-,11?/m0/s1. The minimum atomic E-state index is -1.45. The zero-order valence-electron chi connectivity index (χ0n) is 9.01. The topological polar surface area (TPSA) is 101 Å². The molecule has 0 aliphatic heterocycles. The van der Waals surface area contributed by atoms with Crippen LogP contribution in [0, 0.1) is 0 Å². The van der Waals surface area contributed by atoms with Gasteiger partial charge in [-0.2, -0.15) is 0 Å². The zero-order valence-corrected chi connectivity index (χ0v) is 9.01. The molecule has 0 spiro atoms. The Morgan fingerprint density at radius 1 is 1.62 bits per heavy atom. The van der Waals surface area contributed by atoms with E-state index in [-0.39, 0.29) is 18.6 Å².